The van der Waals surface area contributed by atoms with Crippen molar-refractivity contribution in [2.45, 2.75) is 24.9 Å². The Hall–Kier alpha value is -1.10. The molecule has 100 valence electrons. The van der Waals surface area contributed by atoms with E-state index in [1.165, 1.54) is 11.3 Å². The number of fused-ring (bicyclic) bond motifs is 1. The third-order valence-corrected chi connectivity index (χ3v) is 5.28. The van der Waals surface area contributed by atoms with Crippen LogP contribution < -0.4 is 5.32 Å². The second kappa shape index (κ2) is 4.78. The average molecular weight is 296 g/mol. The molecular weight excluding hydrogens is 282 g/mol. The van der Waals surface area contributed by atoms with Crippen molar-refractivity contribution in [3.05, 3.63) is 34.2 Å². The van der Waals surface area contributed by atoms with Gasteiger partial charge in [-0.15, -0.1) is 11.3 Å². The highest BCUT2D eigenvalue weighted by atomic mass is 35.5. The van der Waals surface area contributed by atoms with Crippen molar-refractivity contribution < 1.29 is 9.90 Å². The highest BCUT2D eigenvalue weighted by molar-refractivity contribution is 7.21. The Bertz CT molecular complexity index is 633. The maximum absolute atomic E-state index is 12.1. The fourth-order valence-electron chi connectivity index (χ4n) is 2.25. The quantitative estimate of drug-likeness (QED) is 0.913. The third kappa shape index (κ3) is 2.36. The minimum absolute atomic E-state index is 0.202. The first-order chi connectivity index (χ1) is 9.09. The minimum atomic E-state index is -0.710. The van der Waals surface area contributed by atoms with Crippen LogP contribution in [0.25, 0.3) is 10.1 Å². The molecule has 3 rings (SSSR count). The molecule has 0 unspecified atom stereocenters. The Kier molecular flexibility index (Phi) is 3.25. The van der Waals surface area contributed by atoms with E-state index in [0.717, 1.165) is 29.3 Å². The van der Waals surface area contributed by atoms with E-state index in [9.17, 15) is 9.90 Å². The van der Waals surface area contributed by atoms with Crippen molar-refractivity contribution >= 4 is 38.9 Å². The number of benzene rings is 1. The van der Waals surface area contributed by atoms with Crippen molar-refractivity contribution in [2.24, 2.45) is 0 Å². The molecule has 1 aliphatic rings. The van der Waals surface area contributed by atoms with Gasteiger partial charge >= 0.3 is 0 Å². The van der Waals surface area contributed by atoms with Gasteiger partial charge in [0.1, 0.15) is 4.88 Å². The van der Waals surface area contributed by atoms with Crippen LogP contribution in [0.2, 0.25) is 5.02 Å². The largest absolute Gasteiger partial charge is 0.388 e. The molecule has 1 fully saturated rings. The van der Waals surface area contributed by atoms with E-state index in [-0.39, 0.29) is 5.91 Å². The zero-order chi connectivity index (χ0) is 13.5. The predicted molar refractivity (Wildman–Crippen MR) is 78.0 cm³/mol. The molecule has 0 aliphatic heterocycles. The second-order valence-corrected chi connectivity index (χ2v) is 6.43. The van der Waals surface area contributed by atoms with E-state index in [1.54, 1.807) is 0 Å². The molecule has 19 heavy (non-hydrogen) atoms. The van der Waals surface area contributed by atoms with Gasteiger partial charge in [0.25, 0.3) is 5.91 Å². The summed E-state index contributed by atoms with van der Waals surface area (Å²) in [5.74, 6) is -0.202. The number of halogens is 1. The maximum Gasteiger partial charge on any atom is 0.263 e. The van der Waals surface area contributed by atoms with Gasteiger partial charge < -0.3 is 10.4 Å². The maximum atomic E-state index is 12.1. The minimum Gasteiger partial charge on any atom is -0.388 e. The predicted octanol–water partition coefficient (Wildman–Crippen LogP) is 3.20. The number of hydrogen-bond acceptors (Lipinski definition) is 3. The van der Waals surface area contributed by atoms with Crippen LogP contribution in [0.5, 0.6) is 0 Å². The second-order valence-electron chi connectivity index (χ2n) is 5.00. The van der Waals surface area contributed by atoms with E-state index in [0.29, 0.717) is 16.4 Å². The monoisotopic (exact) mass is 295 g/mol. The summed E-state index contributed by atoms with van der Waals surface area (Å²) in [6, 6.07) is 7.68. The first-order valence-electron chi connectivity index (χ1n) is 6.27. The molecule has 0 bridgehead atoms. The summed E-state index contributed by atoms with van der Waals surface area (Å²) >= 11 is 7.62. The standard InChI is InChI=1S/C14H14ClNO2S/c15-11-9-4-1-2-5-10(9)19-12(11)13(17)16-8-14(18)6-3-7-14/h1-2,4-5,18H,3,6-8H2,(H,16,17). The number of rotatable bonds is 3. The lowest BCUT2D eigenvalue weighted by Crippen LogP contribution is -2.47. The molecule has 1 aromatic heterocycles. The molecule has 1 amide bonds. The van der Waals surface area contributed by atoms with Crippen molar-refractivity contribution in [1.29, 1.82) is 0 Å². The Morgan fingerprint density at radius 3 is 2.79 bits per heavy atom. The zero-order valence-electron chi connectivity index (χ0n) is 10.3. The molecule has 1 heterocycles. The van der Waals surface area contributed by atoms with E-state index in [1.807, 2.05) is 24.3 Å². The summed E-state index contributed by atoms with van der Waals surface area (Å²) in [5, 5.41) is 14.2. The Morgan fingerprint density at radius 2 is 2.16 bits per heavy atom. The van der Waals surface area contributed by atoms with E-state index < -0.39 is 5.60 Å². The van der Waals surface area contributed by atoms with E-state index in [4.69, 9.17) is 11.6 Å². The van der Waals surface area contributed by atoms with Gasteiger partial charge in [-0.25, -0.2) is 0 Å². The molecule has 0 saturated heterocycles. The van der Waals surface area contributed by atoms with Crippen LogP contribution in [-0.2, 0) is 0 Å². The Morgan fingerprint density at radius 1 is 1.42 bits per heavy atom. The van der Waals surface area contributed by atoms with Gasteiger partial charge in [-0.2, -0.15) is 0 Å². The van der Waals surface area contributed by atoms with Crippen molar-refractivity contribution in [1.82, 2.24) is 5.32 Å². The number of nitrogens with one attached hydrogen (secondary N) is 1. The number of aliphatic hydroxyl groups is 1. The van der Waals surface area contributed by atoms with Gasteiger partial charge in [0, 0.05) is 16.6 Å². The molecule has 2 N–H and O–H groups in total. The smallest absolute Gasteiger partial charge is 0.263 e. The molecular formula is C14H14ClNO2S. The number of carbonyl (C=O) groups is 1. The molecule has 0 spiro atoms. The highest BCUT2D eigenvalue weighted by Gasteiger charge is 2.34. The van der Waals surface area contributed by atoms with Crippen LogP contribution >= 0.6 is 22.9 Å². The van der Waals surface area contributed by atoms with Crippen LogP contribution in [0, 0.1) is 0 Å². The van der Waals surface area contributed by atoms with Gasteiger partial charge in [-0.1, -0.05) is 29.8 Å². The SMILES string of the molecule is O=C(NCC1(O)CCC1)c1sc2ccccc2c1Cl. The normalized spacial score (nSPS) is 17.2. The van der Waals surface area contributed by atoms with Gasteiger partial charge in [0.15, 0.2) is 0 Å². The first-order valence-corrected chi connectivity index (χ1v) is 7.46. The Labute approximate surface area is 120 Å². The fraction of sp³-hybridized carbons (Fsp3) is 0.357. The summed E-state index contributed by atoms with van der Waals surface area (Å²) in [6.07, 6.45) is 2.54. The third-order valence-electron chi connectivity index (χ3n) is 3.60. The van der Waals surface area contributed by atoms with Gasteiger partial charge in [0.2, 0.25) is 0 Å². The van der Waals surface area contributed by atoms with Gasteiger partial charge in [-0.05, 0) is 25.3 Å². The molecule has 0 atom stereocenters. The lowest BCUT2D eigenvalue weighted by Gasteiger charge is -2.36. The molecule has 1 aliphatic carbocycles. The summed E-state index contributed by atoms with van der Waals surface area (Å²) < 4.78 is 1.00. The lowest BCUT2D eigenvalue weighted by atomic mass is 9.80. The average Bonchev–Trinajstić information content (AvgIpc) is 2.72. The number of hydrogen-bond donors (Lipinski definition) is 2. The van der Waals surface area contributed by atoms with Crippen molar-refractivity contribution in [3.63, 3.8) is 0 Å². The van der Waals surface area contributed by atoms with Gasteiger partial charge in [-0.3, -0.25) is 4.79 Å². The van der Waals surface area contributed by atoms with Crippen LogP contribution in [-0.4, -0.2) is 23.2 Å². The molecule has 0 radical (unpaired) electrons. The number of thiophene rings is 1. The van der Waals surface area contributed by atoms with Crippen molar-refractivity contribution in [3.8, 4) is 0 Å². The lowest BCUT2D eigenvalue weighted by molar-refractivity contribution is -0.0300. The molecule has 1 saturated carbocycles. The summed E-state index contributed by atoms with van der Waals surface area (Å²) in [4.78, 5) is 12.6. The van der Waals surface area contributed by atoms with Crippen molar-refractivity contribution in [2.75, 3.05) is 6.54 Å². The molecule has 3 nitrogen and oxygen atoms in total. The topological polar surface area (TPSA) is 49.3 Å². The number of amides is 1. The highest BCUT2D eigenvalue weighted by Crippen LogP contribution is 2.35. The van der Waals surface area contributed by atoms with Crippen LogP contribution in [0.4, 0.5) is 0 Å². The molecule has 2 aromatic rings. The first kappa shape index (κ1) is 12.9. The fourth-order valence-corrected chi connectivity index (χ4v) is 3.68. The van der Waals surface area contributed by atoms with Crippen LogP contribution in [0.3, 0.4) is 0 Å². The van der Waals surface area contributed by atoms with E-state index >= 15 is 0 Å². The summed E-state index contributed by atoms with van der Waals surface area (Å²) in [6.45, 7) is 0.302. The van der Waals surface area contributed by atoms with E-state index in [2.05, 4.69) is 5.32 Å². The molecule has 1 aromatic carbocycles. The van der Waals surface area contributed by atoms with Crippen LogP contribution in [0.15, 0.2) is 24.3 Å². The summed E-state index contributed by atoms with van der Waals surface area (Å²) in [5.41, 5.74) is -0.710. The summed E-state index contributed by atoms with van der Waals surface area (Å²) in [7, 11) is 0. The molecule has 5 heteroatoms. The Balaban J connectivity index is 1.79. The zero-order valence-corrected chi connectivity index (χ0v) is 11.9. The van der Waals surface area contributed by atoms with Crippen LogP contribution in [0.1, 0.15) is 28.9 Å². The van der Waals surface area contributed by atoms with Gasteiger partial charge in [0.05, 0.1) is 10.6 Å². The number of carbonyl (C=O) groups excluding carboxylic acids is 1.